The van der Waals surface area contributed by atoms with Crippen LogP contribution in [0.25, 0.3) is 0 Å². The number of carbonyl (C=O) groups is 1. The molecule has 2 saturated heterocycles. The first-order valence-electron chi connectivity index (χ1n) is 9.89. The van der Waals surface area contributed by atoms with Gasteiger partial charge in [-0.3, -0.25) is 9.69 Å². The Kier molecular flexibility index (Phi) is 4.96. The molecule has 0 aliphatic carbocycles. The van der Waals surface area contributed by atoms with Crippen LogP contribution in [0.2, 0.25) is 0 Å². The van der Waals surface area contributed by atoms with Crippen molar-refractivity contribution in [3.05, 3.63) is 59.2 Å². The van der Waals surface area contributed by atoms with Crippen LogP contribution < -0.4 is 0 Å². The zero-order chi connectivity index (χ0) is 18.9. The zero-order valence-electron chi connectivity index (χ0n) is 16.3. The molecular formula is C22H28N4O. The molecule has 3 heterocycles. The third-order valence-corrected chi connectivity index (χ3v) is 5.95. The van der Waals surface area contributed by atoms with E-state index in [1.54, 1.807) is 0 Å². The average Bonchev–Trinajstić information content (AvgIpc) is 3.05. The lowest BCUT2D eigenvalue weighted by atomic mass is 9.78. The van der Waals surface area contributed by atoms with Gasteiger partial charge in [-0.25, -0.2) is 9.97 Å². The third kappa shape index (κ3) is 3.88. The van der Waals surface area contributed by atoms with Gasteiger partial charge in [-0.15, -0.1) is 0 Å². The molecule has 2 aliphatic rings. The van der Waals surface area contributed by atoms with Crippen molar-refractivity contribution in [1.29, 1.82) is 0 Å². The Hall–Kier alpha value is -2.27. The smallest absolute Gasteiger partial charge is 0.230 e. The Bertz CT molecular complexity index is 819. The summed E-state index contributed by atoms with van der Waals surface area (Å²) in [6, 6.07) is 8.50. The molecule has 0 radical (unpaired) electrons. The standard InChI is InChI=1S/C22H28N4O/c1-17-5-3-6-19(11-17)15-26-9-4-7-22(21(26)27)8-10-25(16-22)14-20-12-23-18(2)24-13-20/h3,5-6,11-13H,4,7-10,14-16H2,1-2H3. The maximum atomic E-state index is 13.4. The molecule has 2 fully saturated rings. The minimum absolute atomic E-state index is 0.201. The average molecular weight is 364 g/mol. The minimum Gasteiger partial charge on any atom is -0.338 e. The number of nitrogens with zero attached hydrogens (tertiary/aromatic N) is 4. The van der Waals surface area contributed by atoms with Crippen molar-refractivity contribution in [3.8, 4) is 0 Å². The molecule has 0 N–H and O–H groups in total. The van der Waals surface area contributed by atoms with Gasteiger partial charge in [0.05, 0.1) is 5.41 Å². The number of rotatable bonds is 4. The Morgan fingerprint density at radius 2 is 1.85 bits per heavy atom. The highest BCUT2D eigenvalue weighted by Crippen LogP contribution is 2.40. The van der Waals surface area contributed by atoms with Crippen molar-refractivity contribution < 1.29 is 4.79 Å². The maximum Gasteiger partial charge on any atom is 0.230 e. The van der Waals surface area contributed by atoms with Crippen LogP contribution in [0.1, 0.15) is 41.8 Å². The van der Waals surface area contributed by atoms with Gasteiger partial charge >= 0.3 is 0 Å². The highest BCUT2D eigenvalue weighted by molar-refractivity contribution is 5.84. The number of aryl methyl sites for hydroxylation is 2. The molecule has 1 aromatic carbocycles. The molecule has 1 atom stereocenters. The number of piperidine rings is 1. The summed E-state index contributed by atoms with van der Waals surface area (Å²) < 4.78 is 0. The Labute approximate surface area is 161 Å². The second-order valence-electron chi connectivity index (χ2n) is 8.20. The van der Waals surface area contributed by atoms with Gasteiger partial charge in [0.25, 0.3) is 0 Å². The van der Waals surface area contributed by atoms with Crippen molar-refractivity contribution in [3.63, 3.8) is 0 Å². The van der Waals surface area contributed by atoms with E-state index in [1.165, 1.54) is 11.1 Å². The van der Waals surface area contributed by atoms with Crippen molar-refractivity contribution in [2.24, 2.45) is 5.41 Å². The predicted octanol–water partition coefficient (Wildman–Crippen LogP) is 3.11. The number of amides is 1. The van der Waals surface area contributed by atoms with Crippen LogP contribution in [-0.2, 0) is 17.9 Å². The summed E-state index contributed by atoms with van der Waals surface area (Å²) in [5.74, 6) is 1.14. The molecule has 4 rings (SSSR count). The van der Waals surface area contributed by atoms with Gasteiger partial charge in [0, 0.05) is 44.1 Å². The highest BCUT2D eigenvalue weighted by Gasteiger charge is 2.48. The first-order valence-corrected chi connectivity index (χ1v) is 9.89. The number of hydrogen-bond acceptors (Lipinski definition) is 4. The second-order valence-corrected chi connectivity index (χ2v) is 8.20. The summed E-state index contributed by atoms with van der Waals surface area (Å²) in [5.41, 5.74) is 3.40. The number of benzene rings is 1. The summed E-state index contributed by atoms with van der Waals surface area (Å²) in [5, 5.41) is 0. The maximum absolute atomic E-state index is 13.4. The Morgan fingerprint density at radius 1 is 1.04 bits per heavy atom. The quantitative estimate of drug-likeness (QED) is 0.836. The van der Waals surface area contributed by atoms with E-state index in [9.17, 15) is 4.79 Å². The molecule has 1 amide bonds. The van der Waals surface area contributed by atoms with Gasteiger partial charge in [0.2, 0.25) is 5.91 Å². The fourth-order valence-electron chi connectivity index (χ4n) is 4.56. The lowest BCUT2D eigenvalue weighted by molar-refractivity contribution is -0.146. The van der Waals surface area contributed by atoms with E-state index in [2.05, 4.69) is 51.0 Å². The fourth-order valence-corrected chi connectivity index (χ4v) is 4.56. The molecule has 27 heavy (non-hydrogen) atoms. The minimum atomic E-state index is -0.201. The van der Waals surface area contributed by atoms with Crippen molar-refractivity contribution in [1.82, 2.24) is 19.8 Å². The lowest BCUT2D eigenvalue weighted by Gasteiger charge is -2.39. The largest absolute Gasteiger partial charge is 0.338 e. The Balaban J connectivity index is 1.43. The van der Waals surface area contributed by atoms with E-state index in [-0.39, 0.29) is 5.41 Å². The molecule has 5 nitrogen and oxygen atoms in total. The van der Waals surface area contributed by atoms with E-state index < -0.39 is 0 Å². The summed E-state index contributed by atoms with van der Waals surface area (Å²) in [4.78, 5) is 26.4. The molecule has 1 unspecified atom stereocenters. The van der Waals surface area contributed by atoms with Gasteiger partial charge < -0.3 is 4.90 Å². The molecule has 2 aliphatic heterocycles. The molecule has 0 saturated carbocycles. The summed E-state index contributed by atoms with van der Waals surface area (Å²) in [7, 11) is 0. The summed E-state index contributed by atoms with van der Waals surface area (Å²) in [6.45, 7) is 8.26. The normalized spacial score (nSPS) is 23.3. The molecule has 1 aromatic heterocycles. The monoisotopic (exact) mass is 364 g/mol. The van der Waals surface area contributed by atoms with Crippen LogP contribution in [0.3, 0.4) is 0 Å². The number of aromatic nitrogens is 2. The van der Waals surface area contributed by atoms with E-state index >= 15 is 0 Å². The number of hydrogen-bond donors (Lipinski definition) is 0. The first-order chi connectivity index (χ1) is 13.0. The number of carbonyl (C=O) groups excluding carboxylic acids is 1. The summed E-state index contributed by atoms with van der Waals surface area (Å²) >= 11 is 0. The molecule has 2 aromatic rings. The molecule has 0 bridgehead atoms. The van der Waals surface area contributed by atoms with E-state index in [1.807, 2.05) is 19.3 Å². The lowest BCUT2D eigenvalue weighted by Crippen LogP contribution is -2.49. The van der Waals surface area contributed by atoms with Crippen LogP contribution in [0, 0.1) is 19.3 Å². The molecule has 142 valence electrons. The zero-order valence-corrected chi connectivity index (χ0v) is 16.3. The van der Waals surface area contributed by atoms with Crippen molar-refractivity contribution in [2.45, 2.75) is 46.2 Å². The van der Waals surface area contributed by atoms with Crippen LogP contribution in [0.15, 0.2) is 36.7 Å². The van der Waals surface area contributed by atoms with Crippen molar-refractivity contribution >= 4 is 5.91 Å². The Morgan fingerprint density at radius 3 is 2.63 bits per heavy atom. The SMILES string of the molecule is Cc1cccc(CN2CCCC3(CCN(Cc4cnc(C)nc4)C3)C2=O)c1. The number of likely N-dealkylation sites (tertiary alicyclic amines) is 2. The molecular weight excluding hydrogens is 336 g/mol. The van der Waals surface area contributed by atoms with Gasteiger partial charge in [0.15, 0.2) is 0 Å². The van der Waals surface area contributed by atoms with Crippen LogP contribution in [0.5, 0.6) is 0 Å². The topological polar surface area (TPSA) is 49.3 Å². The van der Waals surface area contributed by atoms with Gasteiger partial charge in [-0.2, -0.15) is 0 Å². The van der Waals surface area contributed by atoms with Gasteiger partial charge in [-0.1, -0.05) is 29.8 Å². The third-order valence-electron chi connectivity index (χ3n) is 5.95. The van der Waals surface area contributed by atoms with E-state index in [0.717, 1.165) is 63.4 Å². The second kappa shape index (κ2) is 7.39. The van der Waals surface area contributed by atoms with Crippen LogP contribution >= 0.6 is 0 Å². The molecule has 5 heteroatoms. The highest BCUT2D eigenvalue weighted by atomic mass is 16.2. The van der Waals surface area contributed by atoms with Crippen molar-refractivity contribution in [2.75, 3.05) is 19.6 Å². The van der Waals surface area contributed by atoms with E-state index in [0.29, 0.717) is 5.91 Å². The summed E-state index contributed by atoms with van der Waals surface area (Å²) in [6.07, 6.45) is 6.87. The van der Waals surface area contributed by atoms with Gasteiger partial charge in [0.1, 0.15) is 5.82 Å². The molecule has 1 spiro atoms. The van der Waals surface area contributed by atoms with Crippen LogP contribution in [-0.4, -0.2) is 45.3 Å². The van der Waals surface area contributed by atoms with Crippen LogP contribution in [0.4, 0.5) is 0 Å². The predicted molar refractivity (Wildman–Crippen MR) is 105 cm³/mol. The first kappa shape index (κ1) is 18.1. The van der Waals surface area contributed by atoms with Gasteiger partial charge in [-0.05, 0) is 45.2 Å². The van der Waals surface area contributed by atoms with E-state index in [4.69, 9.17) is 0 Å². The fraction of sp³-hybridized carbons (Fsp3) is 0.500.